The Kier molecular flexibility index (Phi) is 2.82. The van der Waals surface area contributed by atoms with Gasteiger partial charge >= 0.3 is 0 Å². The molecule has 1 saturated carbocycles. The second kappa shape index (κ2) is 4.36. The SMILES string of the molecule is CCN=C(NC1CC1(C)C)N1CC2C3CCC(O3)C2C1. The van der Waals surface area contributed by atoms with Gasteiger partial charge in [-0.15, -0.1) is 0 Å². The minimum atomic E-state index is 0.451. The van der Waals surface area contributed by atoms with Crippen molar-refractivity contribution in [3.05, 3.63) is 0 Å². The van der Waals surface area contributed by atoms with Gasteiger partial charge in [0.15, 0.2) is 5.96 Å². The molecule has 4 nitrogen and oxygen atoms in total. The van der Waals surface area contributed by atoms with E-state index in [1.54, 1.807) is 0 Å². The van der Waals surface area contributed by atoms with Gasteiger partial charge in [-0.1, -0.05) is 13.8 Å². The molecule has 4 aliphatic rings. The van der Waals surface area contributed by atoms with Crippen LogP contribution in [0.25, 0.3) is 0 Å². The number of fused-ring (bicyclic) bond motifs is 5. The summed E-state index contributed by atoms with van der Waals surface area (Å²) in [6.07, 6.45) is 4.90. The number of hydrogen-bond acceptors (Lipinski definition) is 2. The second-order valence-corrected chi connectivity index (χ2v) is 7.71. The first-order chi connectivity index (χ1) is 9.58. The molecule has 0 amide bonds. The average Bonchev–Trinajstić information content (AvgIpc) is 2.90. The topological polar surface area (TPSA) is 36.9 Å². The Labute approximate surface area is 122 Å². The molecule has 20 heavy (non-hydrogen) atoms. The molecule has 3 heterocycles. The van der Waals surface area contributed by atoms with E-state index in [0.29, 0.717) is 23.7 Å². The highest BCUT2D eigenvalue weighted by atomic mass is 16.5. The summed E-state index contributed by atoms with van der Waals surface area (Å²) in [6.45, 7) is 9.95. The van der Waals surface area contributed by atoms with Gasteiger partial charge in [0.2, 0.25) is 0 Å². The Balaban J connectivity index is 1.45. The lowest BCUT2D eigenvalue weighted by molar-refractivity contribution is 0.0767. The highest BCUT2D eigenvalue weighted by Crippen LogP contribution is 2.48. The zero-order chi connectivity index (χ0) is 13.9. The van der Waals surface area contributed by atoms with E-state index in [1.165, 1.54) is 19.3 Å². The van der Waals surface area contributed by atoms with Gasteiger partial charge < -0.3 is 15.0 Å². The van der Waals surface area contributed by atoms with Gasteiger partial charge in [-0.05, 0) is 31.6 Å². The monoisotopic (exact) mass is 277 g/mol. The van der Waals surface area contributed by atoms with Crippen molar-refractivity contribution in [2.24, 2.45) is 22.2 Å². The van der Waals surface area contributed by atoms with Crippen LogP contribution in [0.1, 0.15) is 40.0 Å². The van der Waals surface area contributed by atoms with E-state index in [9.17, 15) is 0 Å². The highest BCUT2D eigenvalue weighted by Gasteiger charge is 2.54. The van der Waals surface area contributed by atoms with Gasteiger partial charge in [0.25, 0.3) is 0 Å². The van der Waals surface area contributed by atoms with Gasteiger partial charge in [0.05, 0.1) is 12.2 Å². The Morgan fingerprint density at radius 3 is 2.35 bits per heavy atom. The Bertz CT molecular complexity index is 415. The van der Waals surface area contributed by atoms with E-state index in [2.05, 4.69) is 31.0 Å². The van der Waals surface area contributed by atoms with Gasteiger partial charge in [-0.2, -0.15) is 0 Å². The molecule has 2 bridgehead atoms. The Morgan fingerprint density at radius 1 is 1.25 bits per heavy atom. The van der Waals surface area contributed by atoms with Crippen molar-refractivity contribution in [1.29, 1.82) is 0 Å². The fourth-order valence-corrected chi connectivity index (χ4v) is 4.39. The van der Waals surface area contributed by atoms with Crippen LogP contribution in [0, 0.1) is 17.3 Å². The van der Waals surface area contributed by atoms with Crippen molar-refractivity contribution in [3.63, 3.8) is 0 Å². The fourth-order valence-electron chi connectivity index (χ4n) is 4.39. The third-order valence-corrected chi connectivity index (χ3v) is 5.88. The van der Waals surface area contributed by atoms with Crippen molar-refractivity contribution >= 4 is 5.96 Å². The van der Waals surface area contributed by atoms with E-state index in [0.717, 1.165) is 37.4 Å². The van der Waals surface area contributed by atoms with Gasteiger partial charge in [0, 0.05) is 37.5 Å². The van der Waals surface area contributed by atoms with Crippen molar-refractivity contribution in [2.75, 3.05) is 19.6 Å². The predicted octanol–water partition coefficient (Wildman–Crippen LogP) is 1.86. The number of hydrogen-bond donors (Lipinski definition) is 1. The maximum atomic E-state index is 6.07. The summed E-state index contributed by atoms with van der Waals surface area (Å²) >= 11 is 0. The number of nitrogens with one attached hydrogen (secondary N) is 1. The van der Waals surface area contributed by atoms with E-state index in [4.69, 9.17) is 9.73 Å². The zero-order valence-electron chi connectivity index (χ0n) is 12.9. The van der Waals surface area contributed by atoms with Crippen molar-refractivity contribution in [1.82, 2.24) is 10.2 Å². The molecule has 0 aromatic rings. The number of guanidine groups is 1. The highest BCUT2D eigenvalue weighted by molar-refractivity contribution is 5.81. The Hall–Kier alpha value is -0.770. The number of aliphatic imine (C=N–C) groups is 1. The zero-order valence-corrected chi connectivity index (χ0v) is 12.9. The molecule has 0 spiro atoms. The van der Waals surface area contributed by atoms with Crippen LogP contribution < -0.4 is 5.32 Å². The molecule has 4 rings (SSSR count). The van der Waals surface area contributed by atoms with Crippen LogP contribution in [0.5, 0.6) is 0 Å². The molecule has 4 heteroatoms. The first kappa shape index (κ1) is 12.9. The molecule has 5 unspecified atom stereocenters. The molecule has 1 aliphatic carbocycles. The maximum Gasteiger partial charge on any atom is 0.194 e. The third-order valence-electron chi connectivity index (χ3n) is 5.88. The molecular weight excluding hydrogens is 250 g/mol. The number of likely N-dealkylation sites (tertiary alicyclic amines) is 1. The summed E-state index contributed by atoms with van der Waals surface area (Å²) < 4.78 is 6.07. The van der Waals surface area contributed by atoms with Gasteiger partial charge in [-0.3, -0.25) is 4.99 Å². The first-order valence-corrected chi connectivity index (χ1v) is 8.30. The van der Waals surface area contributed by atoms with E-state index < -0.39 is 0 Å². The molecule has 0 aromatic carbocycles. The number of nitrogens with zero attached hydrogens (tertiary/aromatic N) is 2. The molecule has 0 aromatic heterocycles. The van der Waals surface area contributed by atoms with Crippen molar-refractivity contribution < 1.29 is 4.74 Å². The Morgan fingerprint density at radius 2 is 1.85 bits per heavy atom. The standard InChI is InChI=1S/C16H27N3O/c1-4-17-15(18-14-7-16(14,2)3)19-8-10-11(9-19)13-6-5-12(10)20-13/h10-14H,4-9H2,1-3H3,(H,17,18). The molecule has 5 atom stereocenters. The van der Waals surface area contributed by atoms with Crippen LogP contribution in [0.2, 0.25) is 0 Å². The molecule has 3 aliphatic heterocycles. The lowest BCUT2D eigenvalue weighted by atomic mass is 9.82. The van der Waals surface area contributed by atoms with Crippen molar-refractivity contribution in [2.45, 2.75) is 58.3 Å². The third kappa shape index (κ3) is 1.95. The lowest BCUT2D eigenvalue weighted by Crippen LogP contribution is -2.43. The summed E-state index contributed by atoms with van der Waals surface area (Å²) in [6, 6.07) is 0.612. The minimum absolute atomic E-state index is 0.451. The summed E-state index contributed by atoms with van der Waals surface area (Å²) in [5.74, 6) is 2.66. The summed E-state index contributed by atoms with van der Waals surface area (Å²) in [5.41, 5.74) is 0.451. The van der Waals surface area contributed by atoms with Crippen molar-refractivity contribution in [3.8, 4) is 0 Å². The van der Waals surface area contributed by atoms with Gasteiger partial charge in [-0.25, -0.2) is 0 Å². The van der Waals surface area contributed by atoms with Crippen LogP contribution in [0.4, 0.5) is 0 Å². The van der Waals surface area contributed by atoms with Crippen LogP contribution >= 0.6 is 0 Å². The summed E-state index contributed by atoms with van der Waals surface area (Å²) in [4.78, 5) is 7.24. The summed E-state index contributed by atoms with van der Waals surface area (Å²) in [5, 5.41) is 3.70. The summed E-state index contributed by atoms with van der Waals surface area (Å²) in [7, 11) is 0. The van der Waals surface area contributed by atoms with E-state index in [1.807, 2.05) is 0 Å². The quantitative estimate of drug-likeness (QED) is 0.618. The van der Waals surface area contributed by atoms with Crippen LogP contribution in [0.3, 0.4) is 0 Å². The lowest BCUT2D eigenvalue weighted by Gasteiger charge is -2.24. The number of ether oxygens (including phenoxy) is 1. The largest absolute Gasteiger partial charge is 0.374 e. The fraction of sp³-hybridized carbons (Fsp3) is 0.938. The molecule has 4 fully saturated rings. The van der Waals surface area contributed by atoms with Crippen LogP contribution in [0.15, 0.2) is 4.99 Å². The molecular formula is C16H27N3O. The van der Waals surface area contributed by atoms with E-state index in [-0.39, 0.29) is 0 Å². The second-order valence-electron chi connectivity index (χ2n) is 7.71. The molecule has 112 valence electrons. The molecule has 0 radical (unpaired) electrons. The van der Waals surface area contributed by atoms with Crippen LogP contribution in [-0.2, 0) is 4.74 Å². The average molecular weight is 277 g/mol. The normalized spacial score (nSPS) is 44.9. The van der Waals surface area contributed by atoms with Gasteiger partial charge in [0.1, 0.15) is 0 Å². The predicted molar refractivity (Wildman–Crippen MR) is 79.7 cm³/mol. The molecule has 1 N–H and O–H groups in total. The number of rotatable bonds is 2. The van der Waals surface area contributed by atoms with Crippen LogP contribution in [-0.4, -0.2) is 48.7 Å². The minimum Gasteiger partial charge on any atom is -0.374 e. The molecule has 3 saturated heterocycles. The first-order valence-electron chi connectivity index (χ1n) is 8.30. The smallest absolute Gasteiger partial charge is 0.194 e. The maximum absolute atomic E-state index is 6.07. The van der Waals surface area contributed by atoms with E-state index >= 15 is 0 Å².